The highest BCUT2D eigenvalue weighted by Gasteiger charge is 2.31. The van der Waals surface area contributed by atoms with Crippen LogP contribution in [0.5, 0.6) is 0 Å². The summed E-state index contributed by atoms with van der Waals surface area (Å²) in [5, 5.41) is 11.6. The van der Waals surface area contributed by atoms with Gasteiger partial charge in [-0.25, -0.2) is 0 Å². The van der Waals surface area contributed by atoms with Crippen LogP contribution in [0.15, 0.2) is 57.5 Å². The average molecular weight is 451 g/mol. The zero-order valence-electron chi connectivity index (χ0n) is 13.9. The maximum absolute atomic E-state index is 12.9. The lowest BCUT2D eigenvalue weighted by atomic mass is 10.2. The van der Waals surface area contributed by atoms with Crippen molar-refractivity contribution in [2.24, 2.45) is 0 Å². The minimum atomic E-state index is -4.49. The predicted octanol–water partition coefficient (Wildman–Crippen LogP) is 4.35. The molecule has 2 aromatic heterocycles. The van der Waals surface area contributed by atoms with Crippen LogP contribution >= 0.6 is 15.9 Å². The van der Waals surface area contributed by atoms with E-state index in [1.54, 1.807) is 12.1 Å². The molecule has 2 N–H and O–H groups in total. The molecular weight excluding hydrogens is 441 g/mol. The van der Waals surface area contributed by atoms with Crippen molar-refractivity contribution >= 4 is 21.7 Å². The van der Waals surface area contributed by atoms with Crippen molar-refractivity contribution in [2.75, 3.05) is 5.73 Å². The largest absolute Gasteiger partial charge is 0.416 e. The third-order valence-corrected chi connectivity index (χ3v) is 4.38. The van der Waals surface area contributed by atoms with Gasteiger partial charge in [0.05, 0.1) is 11.3 Å². The third-order valence-electron chi connectivity index (χ3n) is 3.85. The minimum absolute atomic E-state index is 0.00800. The highest BCUT2D eigenvalue weighted by atomic mass is 79.9. The Morgan fingerprint density at radius 3 is 2.54 bits per heavy atom. The van der Waals surface area contributed by atoms with Crippen molar-refractivity contribution in [2.45, 2.75) is 6.18 Å². The van der Waals surface area contributed by atoms with Gasteiger partial charge in [0, 0.05) is 10.0 Å². The number of rotatable bonds is 3. The number of anilines is 1. The van der Waals surface area contributed by atoms with E-state index in [1.165, 1.54) is 12.1 Å². The van der Waals surface area contributed by atoms with Gasteiger partial charge in [-0.1, -0.05) is 32.4 Å². The summed E-state index contributed by atoms with van der Waals surface area (Å²) < 4.78 is 46.0. The van der Waals surface area contributed by atoms with Crippen LogP contribution in [-0.4, -0.2) is 25.1 Å². The number of nitrogens with two attached hydrogens (primary N) is 1. The molecule has 2 heterocycles. The molecule has 28 heavy (non-hydrogen) atoms. The van der Waals surface area contributed by atoms with Crippen molar-refractivity contribution in [3.05, 3.63) is 58.6 Å². The summed E-state index contributed by atoms with van der Waals surface area (Å²) in [6.07, 6.45) is -4.49. The maximum atomic E-state index is 12.9. The number of halogens is 4. The molecular formula is C17H10BrF3N6O. The second-order valence-corrected chi connectivity index (χ2v) is 6.63. The summed E-state index contributed by atoms with van der Waals surface area (Å²) in [7, 11) is 0. The fourth-order valence-corrected chi connectivity index (χ4v) is 2.75. The number of nitrogens with zero attached hydrogens (tertiary/aromatic N) is 5. The van der Waals surface area contributed by atoms with Crippen molar-refractivity contribution in [1.82, 2.24) is 25.1 Å². The van der Waals surface area contributed by atoms with E-state index in [2.05, 4.69) is 36.4 Å². The molecule has 0 saturated heterocycles. The molecule has 0 aliphatic carbocycles. The number of hydrogen-bond donors (Lipinski definition) is 1. The van der Waals surface area contributed by atoms with E-state index in [1.807, 2.05) is 12.1 Å². The topological polar surface area (TPSA) is 95.7 Å². The highest BCUT2D eigenvalue weighted by Crippen LogP contribution is 2.32. The molecule has 0 aliphatic rings. The van der Waals surface area contributed by atoms with Crippen LogP contribution in [0, 0.1) is 0 Å². The van der Waals surface area contributed by atoms with Crippen LogP contribution in [0.2, 0.25) is 0 Å². The van der Waals surface area contributed by atoms with Crippen molar-refractivity contribution in [1.29, 1.82) is 0 Å². The summed E-state index contributed by atoms with van der Waals surface area (Å²) in [6.45, 7) is 0. The molecule has 0 atom stereocenters. The summed E-state index contributed by atoms with van der Waals surface area (Å²) in [4.78, 5) is 4.24. The lowest BCUT2D eigenvalue weighted by molar-refractivity contribution is -0.137. The van der Waals surface area contributed by atoms with E-state index in [-0.39, 0.29) is 23.1 Å². The van der Waals surface area contributed by atoms with Gasteiger partial charge in [-0.3, -0.25) is 0 Å². The predicted molar refractivity (Wildman–Crippen MR) is 97.2 cm³/mol. The molecule has 0 unspecified atom stereocenters. The van der Waals surface area contributed by atoms with Gasteiger partial charge in [-0.2, -0.15) is 22.8 Å². The van der Waals surface area contributed by atoms with Crippen molar-refractivity contribution in [3.8, 4) is 28.7 Å². The van der Waals surface area contributed by atoms with Crippen molar-refractivity contribution < 1.29 is 17.7 Å². The Hall–Kier alpha value is -3.21. The van der Waals surface area contributed by atoms with Crippen LogP contribution in [-0.2, 0) is 6.18 Å². The van der Waals surface area contributed by atoms with Crippen LogP contribution in [0.3, 0.4) is 0 Å². The van der Waals surface area contributed by atoms with E-state index < -0.39 is 11.7 Å². The lowest BCUT2D eigenvalue weighted by Gasteiger charge is -2.09. The SMILES string of the molecule is Nc1c(-c2nc(-c3ccc(Br)cc3)no2)nnn1-c1cccc(C(F)(F)F)c1. The molecule has 0 radical (unpaired) electrons. The zero-order chi connectivity index (χ0) is 19.9. The maximum Gasteiger partial charge on any atom is 0.416 e. The molecule has 0 aliphatic heterocycles. The smallest absolute Gasteiger partial charge is 0.382 e. The molecule has 0 amide bonds. The molecule has 7 nitrogen and oxygen atoms in total. The fraction of sp³-hybridized carbons (Fsp3) is 0.0588. The quantitative estimate of drug-likeness (QED) is 0.498. The standard InChI is InChI=1S/C17H10BrF3N6O/c18-11-6-4-9(5-7-11)15-23-16(28-25-15)13-14(22)27(26-24-13)12-3-1-2-10(8-12)17(19,20)21/h1-8H,22H2. The first kappa shape index (κ1) is 18.2. The Morgan fingerprint density at radius 1 is 1.07 bits per heavy atom. The third kappa shape index (κ3) is 3.36. The van der Waals surface area contributed by atoms with Gasteiger partial charge < -0.3 is 10.3 Å². The second kappa shape index (κ2) is 6.75. The minimum Gasteiger partial charge on any atom is -0.382 e. The Balaban J connectivity index is 1.69. The monoisotopic (exact) mass is 450 g/mol. The van der Waals surface area contributed by atoms with Crippen LogP contribution < -0.4 is 5.73 Å². The van der Waals surface area contributed by atoms with Gasteiger partial charge in [0.2, 0.25) is 5.82 Å². The van der Waals surface area contributed by atoms with Crippen molar-refractivity contribution in [3.63, 3.8) is 0 Å². The molecule has 4 rings (SSSR count). The second-order valence-electron chi connectivity index (χ2n) is 5.71. The normalized spacial score (nSPS) is 11.7. The first-order valence-electron chi connectivity index (χ1n) is 7.82. The van der Waals surface area contributed by atoms with Crippen LogP contribution in [0.25, 0.3) is 28.7 Å². The molecule has 11 heteroatoms. The molecule has 0 saturated carbocycles. The summed E-state index contributed by atoms with van der Waals surface area (Å²) in [6, 6.07) is 11.8. The Labute approximate surface area is 164 Å². The molecule has 0 spiro atoms. The van der Waals surface area contributed by atoms with Gasteiger partial charge in [-0.05, 0) is 42.5 Å². The van der Waals surface area contributed by atoms with Gasteiger partial charge in [-0.15, -0.1) is 5.10 Å². The van der Waals surface area contributed by atoms with Gasteiger partial charge in [0.15, 0.2) is 11.5 Å². The molecule has 4 aromatic rings. The van der Waals surface area contributed by atoms with E-state index in [0.29, 0.717) is 11.4 Å². The first-order chi connectivity index (χ1) is 13.3. The molecule has 0 bridgehead atoms. The van der Waals surface area contributed by atoms with E-state index in [0.717, 1.165) is 21.3 Å². The highest BCUT2D eigenvalue weighted by molar-refractivity contribution is 9.10. The summed E-state index contributed by atoms with van der Waals surface area (Å²) in [5.74, 6) is 0.300. The van der Waals surface area contributed by atoms with Gasteiger partial charge >= 0.3 is 6.18 Å². The summed E-state index contributed by atoms with van der Waals surface area (Å²) >= 11 is 3.34. The van der Waals surface area contributed by atoms with E-state index in [9.17, 15) is 13.2 Å². The lowest BCUT2D eigenvalue weighted by Crippen LogP contribution is -2.08. The Morgan fingerprint density at radius 2 is 1.82 bits per heavy atom. The Bertz CT molecular complexity index is 1140. The number of aromatic nitrogens is 5. The first-order valence-corrected chi connectivity index (χ1v) is 8.61. The van der Waals surface area contributed by atoms with Gasteiger partial charge in [0.25, 0.3) is 5.89 Å². The summed E-state index contributed by atoms with van der Waals surface area (Å²) in [5.41, 5.74) is 6.09. The van der Waals surface area contributed by atoms with E-state index >= 15 is 0 Å². The van der Waals surface area contributed by atoms with Crippen LogP contribution in [0.1, 0.15) is 5.56 Å². The fourth-order valence-electron chi connectivity index (χ4n) is 2.48. The van der Waals surface area contributed by atoms with Crippen LogP contribution in [0.4, 0.5) is 19.0 Å². The number of benzene rings is 2. The number of alkyl halides is 3. The molecule has 0 fully saturated rings. The zero-order valence-corrected chi connectivity index (χ0v) is 15.4. The number of hydrogen-bond acceptors (Lipinski definition) is 6. The van der Waals surface area contributed by atoms with E-state index in [4.69, 9.17) is 10.3 Å². The van der Waals surface area contributed by atoms with Gasteiger partial charge in [0.1, 0.15) is 0 Å². The Kier molecular flexibility index (Phi) is 4.38. The number of nitrogen functional groups attached to an aromatic ring is 1. The average Bonchev–Trinajstić information content (AvgIpc) is 3.28. The molecule has 142 valence electrons. The molecule has 2 aromatic carbocycles.